The number of sulfonamides is 1. The fourth-order valence-corrected chi connectivity index (χ4v) is 5.89. The van der Waals surface area contributed by atoms with Crippen LogP contribution in [0.4, 0.5) is 4.79 Å². The van der Waals surface area contributed by atoms with Gasteiger partial charge in [0.1, 0.15) is 6.61 Å². The third kappa shape index (κ3) is 4.70. The Kier molecular flexibility index (Phi) is 5.90. The fourth-order valence-electron chi connectivity index (χ4n) is 3.70. The van der Waals surface area contributed by atoms with Crippen molar-refractivity contribution in [3.63, 3.8) is 0 Å². The number of nitrogens with zero attached hydrogens (tertiary/aromatic N) is 1. The molecule has 3 rings (SSSR count). The zero-order chi connectivity index (χ0) is 19.1. The highest BCUT2D eigenvalue weighted by Crippen LogP contribution is 2.49. The van der Waals surface area contributed by atoms with Crippen molar-refractivity contribution >= 4 is 50.9 Å². The maximum absolute atomic E-state index is 12.7. The quantitative estimate of drug-likeness (QED) is 0.631. The molecule has 0 aromatic rings. The summed E-state index contributed by atoms with van der Waals surface area (Å²) in [7, 11) is -3.36. The van der Waals surface area contributed by atoms with E-state index in [1.165, 1.54) is 4.31 Å². The molecule has 3 aliphatic rings. The summed E-state index contributed by atoms with van der Waals surface area (Å²) in [6.45, 7) is 3.22. The monoisotopic (exact) mass is 445 g/mol. The van der Waals surface area contributed by atoms with Crippen LogP contribution in [0, 0.1) is 11.8 Å². The Balaban J connectivity index is 1.54. The fraction of sp³-hybridized carbons (Fsp3) is 0.800. The number of hydrogen-bond donors (Lipinski definition) is 2. The lowest BCUT2D eigenvalue weighted by Crippen LogP contribution is -2.41. The van der Waals surface area contributed by atoms with E-state index in [0.717, 1.165) is 31.5 Å². The second kappa shape index (κ2) is 7.54. The molecule has 1 aliphatic carbocycles. The molecule has 2 N–H and O–H groups in total. The predicted octanol–water partition coefficient (Wildman–Crippen LogP) is 2.00. The third-order valence-electron chi connectivity index (χ3n) is 5.06. The first-order valence-electron chi connectivity index (χ1n) is 8.52. The molecule has 2 heterocycles. The second-order valence-electron chi connectivity index (χ2n) is 7.01. The number of carbonyl (C=O) groups excluding carboxylic acids is 1. The van der Waals surface area contributed by atoms with Gasteiger partial charge in [-0.2, -0.15) is 0 Å². The van der Waals surface area contributed by atoms with Gasteiger partial charge in [-0.05, 0) is 44.3 Å². The van der Waals surface area contributed by atoms with Crippen LogP contribution in [0.5, 0.6) is 0 Å². The van der Waals surface area contributed by atoms with Crippen LogP contribution in [0.2, 0.25) is 0 Å². The molecule has 1 saturated carbocycles. The number of amides is 1. The summed E-state index contributed by atoms with van der Waals surface area (Å²) in [6, 6.07) is -0.451. The Labute approximate surface area is 168 Å². The number of ether oxygens (including phenoxy) is 1. The highest BCUT2D eigenvalue weighted by molar-refractivity contribution is 7.89. The molecule has 26 heavy (non-hydrogen) atoms. The van der Waals surface area contributed by atoms with Gasteiger partial charge in [-0.15, -0.1) is 0 Å². The van der Waals surface area contributed by atoms with Gasteiger partial charge in [-0.1, -0.05) is 34.8 Å². The standard InChI is InChI=1S/C15H22Cl3N3O4S/c1-9-12-11(13(12)20-14(22)25-8-15(16,17)18)6-21(9)26(23,24)7-10-2-4-19-5-3-10/h6,9-10,12-13,19H,2-5,7-8H2,1H3,(H,20,22)/t9-,12?,13-/m1/s1. The summed E-state index contributed by atoms with van der Waals surface area (Å²) in [4.78, 5) is 11.7. The van der Waals surface area contributed by atoms with Crippen molar-refractivity contribution in [1.82, 2.24) is 14.9 Å². The molecule has 0 spiro atoms. The van der Waals surface area contributed by atoms with Crippen LogP contribution in [-0.4, -0.2) is 60.1 Å². The van der Waals surface area contributed by atoms with Gasteiger partial charge in [-0.3, -0.25) is 4.31 Å². The minimum absolute atomic E-state index is 0.0295. The number of halogens is 3. The summed E-state index contributed by atoms with van der Waals surface area (Å²) in [6.07, 6.45) is 2.71. The highest BCUT2D eigenvalue weighted by atomic mass is 35.6. The molecule has 1 amide bonds. The van der Waals surface area contributed by atoms with Gasteiger partial charge in [0.05, 0.1) is 17.8 Å². The minimum atomic E-state index is -3.36. The SMILES string of the molecule is C[C@@H]1C2C(=CN1S(=O)(=O)CC1CCNCC1)[C@H]2NC(=O)OCC(Cl)(Cl)Cl. The predicted molar refractivity (Wildman–Crippen MR) is 101 cm³/mol. The smallest absolute Gasteiger partial charge is 0.407 e. The van der Waals surface area contributed by atoms with Gasteiger partial charge in [0, 0.05) is 12.1 Å². The first-order valence-corrected chi connectivity index (χ1v) is 11.3. The number of nitrogens with one attached hydrogen (secondary N) is 2. The average Bonchev–Trinajstić information content (AvgIpc) is 3.08. The van der Waals surface area contributed by atoms with Gasteiger partial charge in [0.15, 0.2) is 0 Å². The van der Waals surface area contributed by atoms with E-state index in [2.05, 4.69) is 10.6 Å². The molecular weight excluding hydrogens is 425 g/mol. The number of fused-ring (bicyclic) bond motifs is 1. The van der Waals surface area contributed by atoms with Crippen LogP contribution >= 0.6 is 34.8 Å². The molecule has 1 saturated heterocycles. The Morgan fingerprint density at radius 2 is 2.04 bits per heavy atom. The lowest BCUT2D eigenvalue weighted by molar-refractivity contribution is 0.147. The van der Waals surface area contributed by atoms with E-state index >= 15 is 0 Å². The molecule has 0 aromatic carbocycles. The van der Waals surface area contributed by atoms with Gasteiger partial charge in [-0.25, -0.2) is 13.2 Å². The van der Waals surface area contributed by atoms with Crippen molar-refractivity contribution in [3.05, 3.63) is 11.8 Å². The lowest BCUT2D eigenvalue weighted by Gasteiger charge is -2.29. The van der Waals surface area contributed by atoms with Crippen molar-refractivity contribution in [2.45, 2.75) is 35.6 Å². The van der Waals surface area contributed by atoms with Crippen molar-refractivity contribution in [1.29, 1.82) is 0 Å². The Morgan fingerprint density at radius 1 is 1.38 bits per heavy atom. The highest BCUT2D eigenvalue weighted by Gasteiger charge is 2.56. The number of piperidine rings is 1. The van der Waals surface area contributed by atoms with Gasteiger partial charge >= 0.3 is 6.09 Å². The van der Waals surface area contributed by atoms with E-state index in [1.807, 2.05) is 6.92 Å². The Bertz CT molecular complexity index is 689. The Hall–Kier alpha value is -0.410. The van der Waals surface area contributed by atoms with Crippen LogP contribution in [0.25, 0.3) is 0 Å². The average molecular weight is 447 g/mol. The first kappa shape index (κ1) is 20.3. The van der Waals surface area contributed by atoms with E-state index in [4.69, 9.17) is 39.5 Å². The summed E-state index contributed by atoms with van der Waals surface area (Å²) >= 11 is 16.6. The van der Waals surface area contributed by atoms with Gasteiger partial charge < -0.3 is 15.4 Å². The van der Waals surface area contributed by atoms with E-state index in [0.29, 0.717) is 0 Å². The molecule has 0 radical (unpaired) electrons. The van der Waals surface area contributed by atoms with Crippen LogP contribution < -0.4 is 10.6 Å². The summed E-state index contributed by atoms with van der Waals surface area (Å²) in [5.41, 5.74) is 0.886. The van der Waals surface area contributed by atoms with Crippen LogP contribution in [0.15, 0.2) is 11.8 Å². The molecule has 2 aliphatic heterocycles. The largest absolute Gasteiger partial charge is 0.445 e. The maximum Gasteiger partial charge on any atom is 0.407 e. The molecule has 1 unspecified atom stereocenters. The molecule has 11 heteroatoms. The molecule has 7 nitrogen and oxygen atoms in total. The number of alkyl halides is 3. The number of carbonyl (C=O) groups is 1. The lowest BCUT2D eigenvalue weighted by atomic mass is 10.0. The zero-order valence-corrected chi connectivity index (χ0v) is 17.3. The summed E-state index contributed by atoms with van der Waals surface area (Å²) in [5, 5.41) is 5.92. The van der Waals surface area contributed by atoms with Crippen molar-refractivity contribution in [2.24, 2.45) is 11.8 Å². The van der Waals surface area contributed by atoms with E-state index in [-0.39, 0.29) is 36.3 Å². The topological polar surface area (TPSA) is 87.7 Å². The molecular formula is C15H22Cl3N3O4S. The molecule has 0 bridgehead atoms. The third-order valence-corrected chi connectivity index (χ3v) is 7.36. The number of hydrogen-bond acceptors (Lipinski definition) is 5. The van der Waals surface area contributed by atoms with Gasteiger partial charge in [0.2, 0.25) is 13.8 Å². The first-order chi connectivity index (χ1) is 12.1. The molecule has 148 valence electrons. The number of rotatable bonds is 5. The maximum atomic E-state index is 12.7. The van der Waals surface area contributed by atoms with E-state index < -0.39 is 19.9 Å². The minimum Gasteiger partial charge on any atom is -0.445 e. The van der Waals surface area contributed by atoms with E-state index in [1.54, 1.807) is 6.20 Å². The van der Waals surface area contributed by atoms with Crippen LogP contribution in [-0.2, 0) is 14.8 Å². The van der Waals surface area contributed by atoms with E-state index in [9.17, 15) is 13.2 Å². The molecule has 0 aromatic heterocycles. The van der Waals surface area contributed by atoms with Crippen LogP contribution in [0.3, 0.4) is 0 Å². The van der Waals surface area contributed by atoms with Crippen molar-refractivity contribution in [3.8, 4) is 0 Å². The number of alkyl carbamates (subject to hydrolysis) is 1. The summed E-state index contributed by atoms with van der Waals surface area (Å²) < 4.78 is 30.1. The van der Waals surface area contributed by atoms with Crippen LogP contribution in [0.1, 0.15) is 19.8 Å². The molecule has 2 fully saturated rings. The van der Waals surface area contributed by atoms with Crippen molar-refractivity contribution < 1.29 is 17.9 Å². The van der Waals surface area contributed by atoms with Crippen molar-refractivity contribution in [2.75, 3.05) is 25.4 Å². The second-order valence-corrected chi connectivity index (χ2v) is 11.4. The molecule has 3 atom stereocenters. The van der Waals surface area contributed by atoms with Gasteiger partial charge in [0.25, 0.3) is 0 Å². The Morgan fingerprint density at radius 3 is 2.58 bits per heavy atom. The zero-order valence-electron chi connectivity index (χ0n) is 14.3. The normalized spacial score (nSPS) is 29.2. The summed E-state index contributed by atoms with van der Waals surface area (Å²) in [5.74, 6) is 0.325.